The molecule has 1 heterocycles. The van der Waals surface area contributed by atoms with Crippen LogP contribution in [0.3, 0.4) is 0 Å². The second-order valence-electron chi connectivity index (χ2n) is 4.27. The lowest BCUT2D eigenvalue weighted by molar-refractivity contribution is -0.141. The Morgan fingerprint density at radius 2 is 2.00 bits per heavy atom. The lowest BCUT2D eigenvalue weighted by atomic mass is 10.2. The molecular formula is C14H12F3N3O. The Morgan fingerprint density at radius 1 is 1.24 bits per heavy atom. The molecule has 0 bridgehead atoms. The zero-order chi connectivity index (χ0) is 15.3. The molecule has 0 saturated carbocycles. The SMILES string of the molecule is N#Cc1ccccc1OCCCn1ccc(C(F)(F)F)n1. The lowest BCUT2D eigenvalue weighted by Gasteiger charge is -2.07. The molecule has 0 aliphatic heterocycles. The molecule has 0 aliphatic rings. The van der Waals surface area contributed by atoms with Crippen LogP contribution in [0.25, 0.3) is 0 Å². The number of halogens is 3. The van der Waals surface area contributed by atoms with Crippen LogP contribution in [0.2, 0.25) is 0 Å². The van der Waals surface area contributed by atoms with E-state index in [2.05, 4.69) is 5.10 Å². The first-order chi connectivity index (χ1) is 10.0. The molecule has 0 radical (unpaired) electrons. The molecule has 2 rings (SSSR count). The summed E-state index contributed by atoms with van der Waals surface area (Å²) >= 11 is 0. The minimum absolute atomic E-state index is 0.292. The van der Waals surface area contributed by atoms with E-state index in [1.807, 2.05) is 6.07 Å². The van der Waals surface area contributed by atoms with Crippen molar-refractivity contribution in [3.05, 3.63) is 47.8 Å². The maximum absolute atomic E-state index is 12.4. The van der Waals surface area contributed by atoms with Crippen LogP contribution in [0.1, 0.15) is 17.7 Å². The molecule has 2 aromatic rings. The fourth-order valence-electron chi connectivity index (χ4n) is 1.73. The van der Waals surface area contributed by atoms with Gasteiger partial charge in [0.1, 0.15) is 11.8 Å². The van der Waals surface area contributed by atoms with Crippen molar-refractivity contribution in [2.24, 2.45) is 0 Å². The van der Waals surface area contributed by atoms with E-state index < -0.39 is 11.9 Å². The van der Waals surface area contributed by atoms with E-state index in [9.17, 15) is 13.2 Å². The van der Waals surface area contributed by atoms with Gasteiger partial charge < -0.3 is 4.74 Å². The molecule has 0 unspecified atom stereocenters. The normalized spacial score (nSPS) is 11.1. The molecule has 1 aromatic heterocycles. The van der Waals surface area contributed by atoms with E-state index in [1.54, 1.807) is 24.3 Å². The topological polar surface area (TPSA) is 50.8 Å². The minimum atomic E-state index is -4.42. The predicted molar refractivity (Wildman–Crippen MR) is 68.5 cm³/mol. The fraction of sp³-hybridized carbons (Fsp3) is 0.286. The van der Waals surface area contributed by atoms with E-state index in [-0.39, 0.29) is 0 Å². The Kier molecular flexibility index (Phi) is 4.48. The van der Waals surface area contributed by atoms with Crippen molar-refractivity contribution in [3.63, 3.8) is 0 Å². The maximum atomic E-state index is 12.4. The highest BCUT2D eigenvalue weighted by molar-refractivity contribution is 5.42. The van der Waals surface area contributed by atoms with Gasteiger partial charge in [-0.2, -0.15) is 23.5 Å². The van der Waals surface area contributed by atoms with Gasteiger partial charge in [-0.3, -0.25) is 4.68 Å². The highest BCUT2D eigenvalue weighted by Crippen LogP contribution is 2.27. The number of aromatic nitrogens is 2. The number of aryl methyl sites for hydroxylation is 1. The summed E-state index contributed by atoms with van der Waals surface area (Å²) in [6.45, 7) is 0.602. The van der Waals surface area contributed by atoms with Crippen LogP contribution < -0.4 is 4.74 Å². The van der Waals surface area contributed by atoms with Gasteiger partial charge in [-0.1, -0.05) is 12.1 Å². The predicted octanol–water partition coefficient (Wildman–Crippen LogP) is 3.24. The molecule has 0 aliphatic carbocycles. The Morgan fingerprint density at radius 3 is 2.67 bits per heavy atom. The van der Waals surface area contributed by atoms with Crippen LogP contribution in [-0.4, -0.2) is 16.4 Å². The van der Waals surface area contributed by atoms with Crippen molar-refractivity contribution in [3.8, 4) is 11.8 Å². The van der Waals surface area contributed by atoms with Crippen molar-refractivity contribution >= 4 is 0 Å². The molecule has 0 saturated heterocycles. The molecule has 0 atom stereocenters. The number of hydrogen-bond donors (Lipinski definition) is 0. The van der Waals surface area contributed by atoms with E-state index in [0.29, 0.717) is 30.9 Å². The number of rotatable bonds is 5. The maximum Gasteiger partial charge on any atom is 0.435 e. The third-order valence-electron chi connectivity index (χ3n) is 2.73. The van der Waals surface area contributed by atoms with Crippen LogP contribution in [0, 0.1) is 11.3 Å². The van der Waals surface area contributed by atoms with Gasteiger partial charge in [0.05, 0.1) is 12.2 Å². The Bertz CT molecular complexity index is 643. The largest absolute Gasteiger partial charge is 0.492 e. The molecule has 110 valence electrons. The van der Waals surface area contributed by atoms with Crippen molar-refractivity contribution < 1.29 is 17.9 Å². The third-order valence-corrected chi connectivity index (χ3v) is 2.73. The first kappa shape index (κ1) is 14.9. The summed E-state index contributed by atoms with van der Waals surface area (Å²) in [7, 11) is 0. The number of nitrogens with zero attached hydrogens (tertiary/aromatic N) is 3. The number of para-hydroxylation sites is 1. The van der Waals surface area contributed by atoms with Gasteiger partial charge in [-0.25, -0.2) is 0 Å². The Hall–Kier alpha value is -2.49. The van der Waals surface area contributed by atoms with Crippen molar-refractivity contribution in [2.45, 2.75) is 19.1 Å². The van der Waals surface area contributed by atoms with Crippen molar-refractivity contribution in [1.82, 2.24) is 9.78 Å². The summed E-state index contributed by atoms with van der Waals surface area (Å²) in [4.78, 5) is 0. The summed E-state index contributed by atoms with van der Waals surface area (Å²) in [6.07, 6.45) is -2.65. The van der Waals surface area contributed by atoms with Crippen LogP contribution in [-0.2, 0) is 12.7 Å². The second kappa shape index (κ2) is 6.31. The summed E-state index contributed by atoms with van der Waals surface area (Å²) in [6, 6.07) is 9.73. The molecule has 0 spiro atoms. The monoisotopic (exact) mass is 295 g/mol. The molecule has 0 amide bonds. The molecule has 1 aromatic carbocycles. The lowest BCUT2D eigenvalue weighted by Crippen LogP contribution is -2.09. The Labute approximate surface area is 119 Å². The molecule has 0 N–H and O–H groups in total. The molecule has 21 heavy (non-hydrogen) atoms. The van der Waals surface area contributed by atoms with Gasteiger partial charge >= 0.3 is 6.18 Å². The average molecular weight is 295 g/mol. The summed E-state index contributed by atoms with van der Waals surface area (Å²) in [5.74, 6) is 0.469. The first-order valence-corrected chi connectivity index (χ1v) is 6.23. The number of benzene rings is 1. The second-order valence-corrected chi connectivity index (χ2v) is 4.27. The zero-order valence-electron chi connectivity index (χ0n) is 11.0. The highest BCUT2D eigenvalue weighted by Gasteiger charge is 2.33. The van der Waals surface area contributed by atoms with Gasteiger partial charge in [0.25, 0.3) is 0 Å². The van der Waals surface area contributed by atoms with E-state index >= 15 is 0 Å². The molecular weight excluding hydrogens is 283 g/mol. The van der Waals surface area contributed by atoms with Crippen LogP contribution in [0.15, 0.2) is 36.5 Å². The Balaban J connectivity index is 1.83. The molecule has 0 fully saturated rings. The number of ether oxygens (including phenoxy) is 1. The summed E-state index contributed by atoms with van der Waals surface area (Å²) in [5, 5.41) is 12.3. The number of hydrogen-bond acceptors (Lipinski definition) is 3. The quantitative estimate of drug-likeness (QED) is 0.796. The van der Waals surface area contributed by atoms with Crippen LogP contribution in [0.4, 0.5) is 13.2 Å². The van der Waals surface area contributed by atoms with E-state index in [4.69, 9.17) is 10.00 Å². The van der Waals surface area contributed by atoms with Crippen molar-refractivity contribution in [2.75, 3.05) is 6.61 Å². The summed E-state index contributed by atoms with van der Waals surface area (Å²) < 4.78 is 43.8. The minimum Gasteiger partial charge on any atom is -0.492 e. The third kappa shape index (κ3) is 3.99. The summed E-state index contributed by atoms with van der Waals surface area (Å²) in [5.41, 5.74) is -0.478. The molecule has 7 heteroatoms. The standard InChI is InChI=1S/C14H12F3N3O/c15-14(16,17)13-6-8-20(19-13)7-3-9-21-12-5-2-1-4-11(12)10-18/h1-2,4-6,8H,3,7,9H2. The van der Waals surface area contributed by atoms with Crippen LogP contribution in [0.5, 0.6) is 5.75 Å². The van der Waals surface area contributed by atoms with E-state index in [0.717, 1.165) is 6.07 Å². The number of alkyl halides is 3. The van der Waals surface area contributed by atoms with E-state index in [1.165, 1.54) is 10.9 Å². The van der Waals surface area contributed by atoms with Gasteiger partial charge in [-0.05, 0) is 18.2 Å². The number of nitriles is 1. The van der Waals surface area contributed by atoms with Gasteiger partial charge in [-0.15, -0.1) is 0 Å². The zero-order valence-corrected chi connectivity index (χ0v) is 11.0. The van der Waals surface area contributed by atoms with Gasteiger partial charge in [0, 0.05) is 19.2 Å². The van der Waals surface area contributed by atoms with Crippen LogP contribution >= 0.6 is 0 Å². The highest BCUT2D eigenvalue weighted by atomic mass is 19.4. The van der Waals surface area contributed by atoms with Gasteiger partial charge in [0.2, 0.25) is 0 Å². The smallest absolute Gasteiger partial charge is 0.435 e. The van der Waals surface area contributed by atoms with Crippen molar-refractivity contribution in [1.29, 1.82) is 5.26 Å². The molecule has 4 nitrogen and oxygen atoms in total. The first-order valence-electron chi connectivity index (χ1n) is 6.23. The van der Waals surface area contributed by atoms with Gasteiger partial charge in [0.15, 0.2) is 5.69 Å². The fourth-order valence-corrected chi connectivity index (χ4v) is 1.73. The average Bonchev–Trinajstić information content (AvgIpc) is 2.93.